The van der Waals surface area contributed by atoms with Gasteiger partial charge in [-0.1, -0.05) is 0 Å². The van der Waals surface area contributed by atoms with E-state index in [1.807, 2.05) is 0 Å². The number of methoxy groups -OCH3 is 1. The molecular weight excluding hydrogens is 350 g/mol. The Kier molecular flexibility index (Phi) is 7.45. The molecule has 1 aromatic rings. The molecule has 0 saturated carbocycles. The van der Waals surface area contributed by atoms with Crippen LogP contribution in [0.3, 0.4) is 0 Å². The Labute approximate surface area is 159 Å². The van der Waals surface area contributed by atoms with E-state index < -0.39 is 0 Å². The zero-order valence-corrected chi connectivity index (χ0v) is 16.1. The first-order chi connectivity index (χ1) is 12.9. The van der Waals surface area contributed by atoms with Crippen LogP contribution < -0.4 is 15.0 Å². The molecule has 1 fully saturated rings. The highest BCUT2D eigenvalue weighted by atomic mass is 16.6. The van der Waals surface area contributed by atoms with Crippen molar-refractivity contribution in [2.24, 2.45) is 0 Å². The summed E-state index contributed by atoms with van der Waals surface area (Å²) in [7, 11) is 1.57. The van der Waals surface area contributed by atoms with Gasteiger partial charge < -0.3 is 24.6 Å². The van der Waals surface area contributed by atoms with Crippen LogP contribution in [0, 0.1) is 0 Å². The number of hydrogen-bond acceptors (Lipinski definition) is 5. The zero-order chi connectivity index (χ0) is 19.8. The molecule has 0 aromatic heterocycles. The van der Waals surface area contributed by atoms with Gasteiger partial charge >= 0.3 is 6.09 Å². The van der Waals surface area contributed by atoms with Crippen LogP contribution in [0.1, 0.15) is 26.7 Å². The number of carbonyl (C=O) groups is 3. The molecule has 1 aromatic carbocycles. The third-order valence-electron chi connectivity index (χ3n) is 4.45. The van der Waals surface area contributed by atoms with Crippen molar-refractivity contribution in [1.29, 1.82) is 0 Å². The van der Waals surface area contributed by atoms with Crippen LogP contribution in [0.2, 0.25) is 0 Å². The van der Waals surface area contributed by atoms with Crippen molar-refractivity contribution < 1.29 is 23.9 Å². The van der Waals surface area contributed by atoms with Crippen LogP contribution in [-0.4, -0.2) is 62.2 Å². The molecular formula is C19H27N3O5. The number of nitrogens with zero attached hydrogens (tertiary/aromatic N) is 2. The number of piperidine rings is 1. The SMILES string of the molecule is CCOC(=O)N1CCC(NC(=O)CN(C(C)=O)c2ccc(OC)cc2)CC1. The minimum Gasteiger partial charge on any atom is -0.497 e. The van der Waals surface area contributed by atoms with E-state index in [4.69, 9.17) is 9.47 Å². The zero-order valence-electron chi connectivity index (χ0n) is 16.1. The first-order valence-electron chi connectivity index (χ1n) is 9.07. The summed E-state index contributed by atoms with van der Waals surface area (Å²) in [6, 6.07) is 6.95. The Hall–Kier alpha value is -2.77. The molecule has 0 radical (unpaired) electrons. The maximum Gasteiger partial charge on any atom is 0.409 e. The number of hydrogen-bond donors (Lipinski definition) is 1. The maximum absolute atomic E-state index is 12.4. The summed E-state index contributed by atoms with van der Waals surface area (Å²) in [6.45, 7) is 4.57. The molecule has 0 atom stereocenters. The number of rotatable bonds is 6. The van der Waals surface area contributed by atoms with Crippen molar-refractivity contribution in [3.63, 3.8) is 0 Å². The molecule has 3 amide bonds. The van der Waals surface area contributed by atoms with E-state index in [0.29, 0.717) is 44.0 Å². The molecule has 0 aliphatic carbocycles. The monoisotopic (exact) mass is 377 g/mol. The predicted molar refractivity (Wildman–Crippen MR) is 101 cm³/mol. The van der Waals surface area contributed by atoms with Gasteiger partial charge in [0.15, 0.2) is 0 Å². The van der Waals surface area contributed by atoms with Crippen molar-refractivity contribution in [2.75, 3.05) is 38.3 Å². The Bertz CT molecular complexity index is 654. The normalized spacial score (nSPS) is 14.4. The third kappa shape index (κ3) is 5.87. The lowest BCUT2D eigenvalue weighted by atomic mass is 10.1. The molecule has 0 unspecified atom stereocenters. The summed E-state index contributed by atoms with van der Waals surface area (Å²) in [6.07, 6.45) is 1.00. The van der Waals surface area contributed by atoms with Gasteiger partial charge in [-0.25, -0.2) is 4.79 Å². The average molecular weight is 377 g/mol. The maximum atomic E-state index is 12.4. The van der Waals surface area contributed by atoms with Crippen LogP contribution >= 0.6 is 0 Å². The summed E-state index contributed by atoms with van der Waals surface area (Å²) in [5, 5.41) is 2.95. The fourth-order valence-corrected chi connectivity index (χ4v) is 2.98. The van der Waals surface area contributed by atoms with Crippen molar-refractivity contribution in [3.8, 4) is 5.75 Å². The Morgan fingerprint density at radius 2 is 1.81 bits per heavy atom. The van der Waals surface area contributed by atoms with Gasteiger partial charge in [-0.05, 0) is 44.0 Å². The molecule has 8 nitrogen and oxygen atoms in total. The number of benzene rings is 1. The first kappa shape index (κ1) is 20.5. The van der Waals surface area contributed by atoms with Gasteiger partial charge in [-0.2, -0.15) is 0 Å². The smallest absolute Gasteiger partial charge is 0.409 e. The fraction of sp³-hybridized carbons (Fsp3) is 0.526. The molecule has 8 heteroatoms. The third-order valence-corrected chi connectivity index (χ3v) is 4.45. The number of carbonyl (C=O) groups excluding carboxylic acids is 3. The molecule has 0 bridgehead atoms. The summed E-state index contributed by atoms with van der Waals surface area (Å²) >= 11 is 0. The molecule has 1 N–H and O–H groups in total. The molecule has 1 aliphatic heterocycles. The number of nitrogens with one attached hydrogen (secondary N) is 1. The lowest BCUT2D eigenvalue weighted by Crippen LogP contribution is -2.49. The largest absolute Gasteiger partial charge is 0.497 e. The van der Waals surface area contributed by atoms with E-state index in [1.165, 1.54) is 11.8 Å². The molecule has 1 heterocycles. The highest BCUT2D eigenvalue weighted by Gasteiger charge is 2.25. The van der Waals surface area contributed by atoms with E-state index in [0.717, 1.165) is 0 Å². The number of likely N-dealkylation sites (tertiary alicyclic amines) is 1. The van der Waals surface area contributed by atoms with E-state index in [9.17, 15) is 14.4 Å². The standard InChI is InChI=1S/C19H27N3O5/c1-4-27-19(25)21-11-9-15(10-12-21)20-18(24)13-22(14(2)23)16-5-7-17(26-3)8-6-16/h5-8,15H,4,9-13H2,1-3H3,(H,20,24). The van der Waals surface area contributed by atoms with Gasteiger partial charge in [0.05, 0.1) is 13.7 Å². The van der Waals surface area contributed by atoms with Crippen LogP contribution in [0.15, 0.2) is 24.3 Å². The number of anilines is 1. The Morgan fingerprint density at radius 1 is 1.19 bits per heavy atom. The van der Waals surface area contributed by atoms with Crippen LogP contribution in [-0.2, 0) is 14.3 Å². The summed E-state index contributed by atoms with van der Waals surface area (Å²) < 4.78 is 10.1. The first-order valence-corrected chi connectivity index (χ1v) is 9.07. The second kappa shape index (κ2) is 9.80. The van der Waals surface area contributed by atoms with E-state index in [2.05, 4.69) is 5.32 Å². The fourth-order valence-electron chi connectivity index (χ4n) is 2.98. The summed E-state index contributed by atoms with van der Waals surface area (Å²) in [4.78, 5) is 39.1. The molecule has 148 valence electrons. The van der Waals surface area contributed by atoms with Crippen LogP contribution in [0.25, 0.3) is 0 Å². The highest BCUT2D eigenvalue weighted by Crippen LogP contribution is 2.19. The average Bonchev–Trinajstić information content (AvgIpc) is 2.67. The quantitative estimate of drug-likeness (QED) is 0.816. The van der Waals surface area contributed by atoms with Gasteiger partial charge in [0, 0.05) is 31.7 Å². The number of ether oxygens (including phenoxy) is 2. The van der Waals surface area contributed by atoms with Crippen LogP contribution in [0.4, 0.5) is 10.5 Å². The second-order valence-electron chi connectivity index (χ2n) is 6.33. The molecule has 0 spiro atoms. The van der Waals surface area contributed by atoms with Gasteiger partial charge in [-0.3, -0.25) is 9.59 Å². The Balaban J connectivity index is 1.87. The van der Waals surface area contributed by atoms with E-state index in [-0.39, 0.29) is 30.5 Å². The van der Waals surface area contributed by atoms with Gasteiger partial charge in [0.1, 0.15) is 12.3 Å². The summed E-state index contributed by atoms with van der Waals surface area (Å²) in [5.74, 6) is 0.239. The van der Waals surface area contributed by atoms with E-state index >= 15 is 0 Å². The van der Waals surface area contributed by atoms with Crippen LogP contribution in [0.5, 0.6) is 5.75 Å². The molecule has 27 heavy (non-hydrogen) atoms. The second-order valence-corrected chi connectivity index (χ2v) is 6.33. The molecule has 1 saturated heterocycles. The van der Waals surface area contributed by atoms with Crippen molar-refractivity contribution >= 4 is 23.6 Å². The minimum atomic E-state index is -0.315. The van der Waals surface area contributed by atoms with Gasteiger partial charge in [-0.15, -0.1) is 0 Å². The highest BCUT2D eigenvalue weighted by molar-refractivity contribution is 5.97. The van der Waals surface area contributed by atoms with Crippen molar-refractivity contribution in [3.05, 3.63) is 24.3 Å². The minimum absolute atomic E-state index is 0.0205. The van der Waals surface area contributed by atoms with E-state index in [1.54, 1.807) is 43.2 Å². The predicted octanol–water partition coefficient (Wildman–Crippen LogP) is 1.79. The lowest BCUT2D eigenvalue weighted by molar-refractivity contribution is -0.123. The lowest BCUT2D eigenvalue weighted by Gasteiger charge is -2.32. The van der Waals surface area contributed by atoms with Gasteiger partial charge in [0.2, 0.25) is 11.8 Å². The molecule has 2 rings (SSSR count). The van der Waals surface area contributed by atoms with Crippen molar-refractivity contribution in [2.45, 2.75) is 32.7 Å². The number of amides is 3. The Morgan fingerprint density at radius 3 is 2.33 bits per heavy atom. The van der Waals surface area contributed by atoms with Crippen molar-refractivity contribution in [1.82, 2.24) is 10.2 Å². The summed E-state index contributed by atoms with van der Waals surface area (Å²) in [5.41, 5.74) is 0.635. The van der Waals surface area contributed by atoms with Gasteiger partial charge in [0.25, 0.3) is 0 Å². The topological polar surface area (TPSA) is 88.2 Å². The molecule has 1 aliphatic rings.